The summed E-state index contributed by atoms with van der Waals surface area (Å²) in [5, 5.41) is 7.49. The third-order valence-electron chi connectivity index (χ3n) is 11.7. The van der Waals surface area contributed by atoms with Crippen LogP contribution in [0.1, 0.15) is 22.3 Å². The molecule has 58 heavy (non-hydrogen) atoms. The fourth-order valence-electron chi connectivity index (χ4n) is 8.94. The highest BCUT2D eigenvalue weighted by atomic mass is 15.2. The summed E-state index contributed by atoms with van der Waals surface area (Å²) < 4.78 is 0. The third kappa shape index (κ3) is 6.15. The van der Waals surface area contributed by atoms with Gasteiger partial charge >= 0.3 is 0 Å². The van der Waals surface area contributed by atoms with Gasteiger partial charge in [0.2, 0.25) is 0 Å². The van der Waals surface area contributed by atoms with Crippen LogP contribution in [0, 0.1) is 27.7 Å². The van der Waals surface area contributed by atoms with Crippen molar-refractivity contribution < 1.29 is 0 Å². The van der Waals surface area contributed by atoms with Crippen molar-refractivity contribution in [2.24, 2.45) is 0 Å². The van der Waals surface area contributed by atoms with Crippen LogP contribution in [-0.2, 0) is 0 Å². The van der Waals surface area contributed by atoms with E-state index in [1.54, 1.807) is 0 Å². The molecular weight excluding hydrogens is 701 g/mol. The van der Waals surface area contributed by atoms with Gasteiger partial charge in [0.05, 0.1) is 11.4 Å². The van der Waals surface area contributed by atoms with Crippen LogP contribution in [0.25, 0.3) is 54.6 Å². The van der Waals surface area contributed by atoms with E-state index >= 15 is 0 Å². The van der Waals surface area contributed by atoms with Crippen molar-refractivity contribution >= 4 is 66.4 Å². The van der Waals surface area contributed by atoms with Crippen LogP contribution < -0.4 is 9.80 Å². The van der Waals surface area contributed by atoms with E-state index in [1.807, 2.05) is 0 Å². The lowest BCUT2D eigenvalue weighted by molar-refractivity contribution is 1.25. The molecule has 0 aromatic heterocycles. The molecule has 0 aliphatic rings. The minimum absolute atomic E-state index is 1.14. The first-order valence-corrected chi connectivity index (χ1v) is 20.2. The highest BCUT2D eigenvalue weighted by Crippen LogP contribution is 2.48. The molecule has 2 nitrogen and oxygen atoms in total. The maximum atomic E-state index is 2.46. The number of rotatable bonds is 8. The van der Waals surface area contributed by atoms with Crippen LogP contribution in [0.2, 0.25) is 0 Å². The largest absolute Gasteiger partial charge is 0.310 e. The van der Waals surface area contributed by atoms with Crippen LogP contribution in [0.15, 0.2) is 194 Å². The first-order valence-electron chi connectivity index (χ1n) is 20.2. The molecule has 0 heterocycles. The summed E-state index contributed by atoms with van der Waals surface area (Å²) in [4.78, 5) is 4.92. The first kappa shape index (κ1) is 35.3. The summed E-state index contributed by atoms with van der Waals surface area (Å²) in [5.41, 5.74) is 16.7. The molecule has 0 atom stereocenters. The molecule has 10 aromatic carbocycles. The Hall–Kier alpha value is -7.16. The second kappa shape index (κ2) is 14.4. The van der Waals surface area contributed by atoms with Gasteiger partial charge in [-0.15, -0.1) is 0 Å². The van der Waals surface area contributed by atoms with E-state index in [0.717, 1.165) is 22.7 Å². The van der Waals surface area contributed by atoms with E-state index in [1.165, 1.54) is 88.2 Å². The molecule has 10 rings (SSSR count). The maximum absolute atomic E-state index is 2.46. The van der Waals surface area contributed by atoms with Gasteiger partial charge in [-0.2, -0.15) is 0 Å². The summed E-state index contributed by atoms with van der Waals surface area (Å²) in [7, 11) is 0. The van der Waals surface area contributed by atoms with Crippen LogP contribution in [0.3, 0.4) is 0 Å². The minimum Gasteiger partial charge on any atom is -0.310 e. The molecule has 0 spiro atoms. The van der Waals surface area contributed by atoms with E-state index in [2.05, 4.69) is 232 Å². The molecule has 2 heteroatoms. The molecular formula is C56H44N2. The van der Waals surface area contributed by atoms with Crippen LogP contribution in [0.4, 0.5) is 34.1 Å². The number of nitrogens with zero attached hydrogens (tertiary/aromatic N) is 2. The van der Waals surface area contributed by atoms with Crippen LogP contribution in [0.5, 0.6) is 0 Å². The zero-order valence-electron chi connectivity index (χ0n) is 33.4. The second-order valence-electron chi connectivity index (χ2n) is 15.7. The molecule has 0 unspecified atom stereocenters. The number of hydrogen-bond donors (Lipinski definition) is 0. The van der Waals surface area contributed by atoms with Gasteiger partial charge in [-0.05, 0) is 154 Å². The zero-order valence-corrected chi connectivity index (χ0v) is 33.4. The van der Waals surface area contributed by atoms with Crippen LogP contribution >= 0.6 is 0 Å². The average molecular weight is 745 g/mol. The van der Waals surface area contributed by atoms with Gasteiger partial charge in [-0.25, -0.2) is 0 Å². The smallest absolute Gasteiger partial charge is 0.0540 e. The fourth-order valence-corrected chi connectivity index (χ4v) is 8.94. The van der Waals surface area contributed by atoms with Gasteiger partial charge in [0.25, 0.3) is 0 Å². The quantitative estimate of drug-likeness (QED) is 0.143. The Balaban J connectivity index is 1.19. The molecule has 0 aliphatic carbocycles. The second-order valence-corrected chi connectivity index (χ2v) is 15.7. The van der Waals surface area contributed by atoms with Crippen molar-refractivity contribution in [3.8, 4) is 22.3 Å². The number of aryl methyl sites for hydroxylation is 4. The number of benzene rings is 10. The minimum atomic E-state index is 1.14. The number of hydrogen-bond acceptors (Lipinski definition) is 2. The summed E-state index contributed by atoms with van der Waals surface area (Å²) in [6.45, 7) is 8.83. The third-order valence-corrected chi connectivity index (χ3v) is 11.7. The summed E-state index contributed by atoms with van der Waals surface area (Å²) in [6, 6.07) is 71.4. The molecule has 0 bridgehead atoms. The standard InChI is InChI=1S/C56H44N2/c1-37-13-11-19-47(33-37)57(51-29-25-45(35-39(51)3)41-15-7-5-8-16-41)53-31-23-43-22-28-50-54(32-24-44-21-27-49(53)55(43)56(44)50)58(48-20-12-14-38(2)34-48)52-30-26-46(36-40(52)4)42-17-9-6-10-18-42/h5-36H,1-4H3. The Morgan fingerprint density at radius 3 is 1.09 bits per heavy atom. The Kier molecular flexibility index (Phi) is 8.76. The molecule has 0 aliphatic heterocycles. The highest BCUT2D eigenvalue weighted by molar-refractivity contribution is 6.28. The normalized spacial score (nSPS) is 11.4. The Labute approximate surface area is 341 Å². The van der Waals surface area contributed by atoms with Gasteiger partial charge in [0, 0.05) is 33.5 Å². The molecule has 0 saturated heterocycles. The van der Waals surface area contributed by atoms with Crippen molar-refractivity contribution in [1.29, 1.82) is 0 Å². The zero-order chi connectivity index (χ0) is 39.3. The molecule has 10 aromatic rings. The SMILES string of the molecule is Cc1cccc(N(c2ccc(-c3ccccc3)cc2C)c2ccc3ccc4c(N(c5cccc(C)c5)c5ccc(-c6ccccc6)cc5C)ccc5ccc2c3c54)c1. The molecule has 0 radical (unpaired) electrons. The van der Waals surface area contributed by atoms with Gasteiger partial charge in [0.1, 0.15) is 0 Å². The Morgan fingerprint density at radius 1 is 0.293 bits per heavy atom. The highest BCUT2D eigenvalue weighted by Gasteiger charge is 2.23. The van der Waals surface area contributed by atoms with E-state index < -0.39 is 0 Å². The van der Waals surface area contributed by atoms with Crippen molar-refractivity contribution in [3.05, 3.63) is 216 Å². The molecule has 0 fully saturated rings. The maximum Gasteiger partial charge on any atom is 0.0540 e. The van der Waals surface area contributed by atoms with Gasteiger partial charge in [-0.3, -0.25) is 0 Å². The van der Waals surface area contributed by atoms with E-state index in [9.17, 15) is 0 Å². The topological polar surface area (TPSA) is 6.48 Å². The summed E-state index contributed by atoms with van der Waals surface area (Å²) in [5.74, 6) is 0. The molecule has 0 N–H and O–H groups in total. The first-order chi connectivity index (χ1) is 28.4. The Morgan fingerprint density at radius 2 is 0.690 bits per heavy atom. The monoisotopic (exact) mass is 744 g/mol. The molecule has 0 amide bonds. The average Bonchev–Trinajstić information content (AvgIpc) is 3.25. The van der Waals surface area contributed by atoms with Crippen molar-refractivity contribution in [2.75, 3.05) is 9.80 Å². The lowest BCUT2D eigenvalue weighted by Crippen LogP contribution is -2.13. The van der Waals surface area contributed by atoms with Crippen LogP contribution in [-0.4, -0.2) is 0 Å². The predicted octanol–water partition coefficient (Wildman–Crippen LogP) is 16.1. The van der Waals surface area contributed by atoms with Gasteiger partial charge < -0.3 is 9.80 Å². The van der Waals surface area contributed by atoms with Crippen molar-refractivity contribution in [3.63, 3.8) is 0 Å². The lowest BCUT2D eigenvalue weighted by Gasteiger charge is -2.31. The van der Waals surface area contributed by atoms with Crippen molar-refractivity contribution in [2.45, 2.75) is 27.7 Å². The van der Waals surface area contributed by atoms with Gasteiger partial charge in [0.15, 0.2) is 0 Å². The molecule has 278 valence electrons. The molecule has 0 saturated carbocycles. The summed E-state index contributed by atoms with van der Waals surface area (Å²) in [6.07, 6.45) is 0. The van der Waals surface area contributed by atoms with Gasteiger partial charge in [-0.1, -0.05) is 133 Å². The predicted molar refractivity (Wildman–Crippen MR) is 249 cm³/mol. The number of anilines is 6. The lowest BCUT2D eigenvalue weighted by atomic mass is 9.91. The van der Waals surface area contributed by atoms with E-state index in [4.69, 9.17) is 0 Å². The fraction of sp³-hybridized carbons (Fsp3) is 0.0714. The van der Waals surface area contributed by atoms with Crippen molar-refractivity contribution in [1.82, 2.24) is 0 Å². The van der Waals surface area contributed by atoms with E-state index in [-0.39, 0.29) is 0 Å². The summed E-state index contributed by atoms with van der Waals surface area (Å²) >= 11 is 0. The van der Waals surface area contributed by atoms with E-state index in [0.29, 0.717) is 0 Å². The Bertz CT molecular complexity index is 2900.